The summed E-state index contributed by atoms with van der Waals surface area (Å²) in [6, 6.07) is 15.6. The van der Waals surface area contributed by atoms with E-state index in [1.807, 2.05) is 48.5 Å². The lowest BCUT2D eigenvalue weighted by Crippen LogP contribution is -2.49. The van der Waals surface area contributed by atoms with E-state index in [1.165, 1.54) is 0 Å². The van der Waals surface area contributed by atoms with Crippen molar-refractivity contribution in [2.24, 2.45) is 4.99 Å². The van der Waals surface area contributed by atoms with E-state index in [4.69, 9.17) is 14.8 Å². The molecule has 6 nitrogen and oxygen atoms in total. The van der Waals surface area contributed by atoms with Crippen molar-refractivity contribution in [2.45, 2.75) is 9.79 Å². The van der Waals surface area contributed by atoms with E-state index in [1.54, 1.807) is 0 Å². The number of amidine groups is 1. The maximum Gasteiger partial charge on any atom is 0.137 e. The molecular weight excluding hydrogens is 410 g/mol. The molecule has 1 N–H and O–H groups in total. The Morgan fingerprint density at radius 3 is 2.41 bits per heavy atom. The maximum atomic E-state index is 13.2. The van der Waals surface area contributed by atoms with Gasteiger partial charge >= 0.3 is 0 Å². The van der Waals surface area contributed by atoms with Crippen molar-refractivity contribution >= 4 is 34.7 Å². The summed E-state index contributed by atoms with van der Waals surface area (Å²) in [5, 5.41) is 8.79. The number of aliphatic imine (C=N–C) groups is 1. The van der Waals surface area contributed by atoms with Gasteiger partial charge in [0.05, 0.1) is 46.1 Å². The van der Waals surface area contributed by atoms with Crippen LogP contribution in [0.4, 0.5) is 5.69 Å². The van der Waals surface area contributed by atoms with Gasteiger partial charge in [0.2, 0.25) is 0 Å². The number of rotatable bonds is 5. The van der Waals surface area contributed by atoms with Crippen LogP contribution in [0.3, 0.4) is 0 Å². The Bertz CT molecular complexity index is 885. The number of fused-ring (bicyclic) bond motifs is 2. The number of benzene rings is 2. The Balaban J connectivity index is 0.00000240. The number of ether oxygens (including phenoxy) is 1. The molecular formula is C21H26ClN3O3S. The Morgan fingerprint density at radius 2 is 1.66 bits per heavy atom. The number of hydrogen-bond donors (Lipinski definition) is 1. The van der Waals surface area contributed by atoms with Gasteiger partial charge < -0.3 is 14.7 Å². The number of piperazine rings is 1. The van der Waals surface area contributed by atoms with E-state index in [9.17, 15) is 4.21 Å². The molecule has 0 saturated carbocycles. The molecule has 2 aliphatic rings. The fourth-order valence-corrected chi connectivity index (χ4v) is 4.90. The minimum absolute atomic E-state index is 0. The molecule has 0 bridgehead atoms. The molecule has 0 radical (unpaired) electrons. The van der Waals surface area contributed by atoms with Crippen LogP contribution in [-0.2, 0) is 15.5 Å². The maximum absolute atomic E-state index is 13.2. The largest absolute Gasteiger partial charge is 0.394 e. The van der Waals surface area contributed by atoms with Gasteiger partial charge in [-0.1, -0.05) is 30.3 Å². The van der Waals surface area contributed by atoms with Gasteiger partial charge in [-0.15, -0.1) is 12.4 Å². The van der Waals surface area contributed by atoms with E-state index in [2.05, 4.69) is 9.80 Å². The Kier molecular flexibility index (Phi) is 7.80. The zero-order valence-electron chi connectivity index (χ0n) is 16.2. The van der Waals surface area contributed by atoms with Gasteiger partial charge in [-0.05, 0) is 18.2 Å². The van der Waals surface area contributed by atoms with Crippen molar-refractivity contribution in [2.75, 3.05) is 52.5 Å². The van der Waals surface area contributed by atoms with Crippen LogP contribution in [0, 0.1) is 0 Å². The molecule has 2 aromatic rings. The SMILES string of the molecule is Cl.O=S1c2ccccc2N=C(N2CCN(CCOCCO)CC2)c2ccccc21. The van der Waals surface area contributed by atoms with Crippen molar-refractivity contribution in [1.29, 1.82) is 0 Å². The van der Waals surface area contributed by atoms with Crippen molar-refractivity contribution in [1.82, 2.24) is 9.80 Å². The van der Waals surface area contributed by atoms with Gasteiger partial charge in [0.15, 0.2) is 0 Å². The lowest BCUT2D eigenvalue weighted by Gasteiger charge is -2.36. The van der Waals surface area contributed by atoms with Crippen LogP contribution < -0.4 is 0 Å². The number of nitrogens with zero attached hydrogens (tertiary/aromatic N) is 3. The van der Waals surface area contributed by atoms with Crippen LogP contribution in [0.5, 0.6) is 0 Å². The number of aliphatic hydroxyl groups is 1. The van der Waals surface area contributed by atoms with Gasteiger partial charge in [0, 0.05) is 38.3 Å². The molecule has 156 valence electrons. The first-order chi connectivity index (χ1) is 13.8. The van der Waals surface area contributed by atoms with Crippen LogP contribution >= 0.6 is 12.4 Å². The summed E-state index contributed by atoms with van der Waals surface area (Å²) in [6.07, 6.45) is 0. The third kappa shape index (κ3) is 4.87. The van der Waals surface area contributed by atoms with Crippen molar-refractivity contribution in [3.63, 3.8) is 0 Å². The second-order valence-corrected chi connectivity index (χ2v) is 8.25. The minimum Gasteiger partial charge on any atom is -0.394 e. The lowest BCUT2D eigenvalue weighted by atomic mass is 10.1. The van der Waals surface area contributed by atoms with E-state index in [0.717, 1.165) is 59.6 Å². The van der Waals surface area contributed by atoms with Crippen LogP contribution in [-0.4, -0.2) is 77.5 Å². The number of halogens is 1. The van der Waals surface area contributed by atoms with E-state index < -0.39 is 10.8 Å². The monoisotopic (exact) mass is 435 g/mol. The summed E-state index contributed by atoms with van der Waals surface area (Å²) in [7, 11) is -1.23. The summed E-state index contributed by atoms with van der Waals surface area (Å²) >= 11 is 0. The van der Waals surface area contributed by atoms with Crippen molar-refractivity contribution in [3.05, 3.63) is 54.1 Å². The average Bonchev–Trinajstić information content (AvgIpc) is 2.87. The molecule has 1 saturated heterocycles. The summed E-state index contributed by atoms with van der Waals surface area (Å²) in [6.45, 7) is 5.53. The molecule has 29 heavy (non-hydrogen) atoms. The van der Waals surface area contributed by atoms with Crippen molar-refractivity contribution in [3.8, 4) is 0 Å². The van der Waals surface area contributed by atoms with Gasteiger partial charge in [-0.3, -0.25) is 4.90 Å². The van der Waals surface area contributed by atoms with Crippen LogP contribution in [0.1, 0.15) is 5.56 Å². The van der Waals surface area contributed by atoms with Gasteiger partial charge in [-0.25, -0.2) is 9.20 Å². The molecule has 0 aliphatic carbocycles. The molecule has 0 amide bonds. The van der Waals surface area contributed by atoms with Crippen LogP contribution in [0.2, 0.25) is 0 Å². The fourth-order valence-electron chi connectivity index (χ4n) is 3.60. The molecule has 2 heterocycles. The highest BCUT2D eigenvalue weighted by Crippen LogP contribution is 2.33. The van der Waals surface area contributed by atoms with Crippen LogP contribution in [0.15, 0.2) is 63.3 Å². The number of para-hydroxylation sites is 1. The lowest BCUT2D eigenvalue weighted by molar-refractivity contribution is 0.0652. The molecule has 2 aliphatic heterocycles. The topological polar surface area (TPSA) is 65.4 Å². The second kappa shape index (κ2) is 10.3. The Hall–Kier alpha value is -1.77. The molecule has 0 aromatic heterocycles. The highest BCUT2D eigenvalue weighted by molar-refractivity contribution is 7.85. The summed E-state index contributed by atoms with van der Waals surface area (Å²) < 4.78 is 18.5. The zero-order chi connectivity index (χ0) is 19.3. The average molecular weight is 436 g/mol. The van der Waals surface area contributed by atoms with Gasteiger partial charge in [0.25, 0.3) is 0 Å². The van der Waals surface area contributed by atoms with Crippen molar-refractivity contribution < 1.29 is 14.1 Å². The van der Waals surface area contributed by atoms with Gasteiger partial charge in [-0.2, -0.15) is 0 Å². The van der Waals surface area contributed by atoms with Crippen LogP contribution in [0.25, 0.3) is 0 Å². The third-order valence-electron chi connectivity index (χ3n) is 5.08. The Morgan fingerprint density at radius 1 is 0.966 bits per heavy atom. The summed E-state index contributed by atoms with van der Waals surface area (Å²) in [5.74, 6) is 0.907. The van der Waals surface area contributed by atoms with E-state index >= 15 is 0 Å². The molecule has 8 heteroatoms. The second-order valence-electron chi connectivity index (χ2n) is 6.83. The third-order valence-corrected chi connectivity index (χ3v) is 6.58. The first kappa shape index (κ1) is 21.9. The normalized spacial score (nSPS) is 18.9. The first-order valence-electron chi connectivity index (χ1n) is 9.63. The molecule has 1 fully saturated rings. The highest BCUT2D eigenvalue weighted by atomic mass is 35.5. The molecule has 1 unspecified atom stereocenters. The molecule has 2 aromatic carbocycles. The standard InChI is InChI=1S/C21H25N3O3S.ClH/c25-14-16-27-15-13-23-9-11-24(12-10-23)21-17-5-1-3-7-19(17)28(26)20-8-4-2-6-18(20)22-21;/h1-8,25H,9-16H2;1H. The first-order valence-corrected chi connectivity index (χ1v) is 10.8. The number of hydrogen-bond acceptors (Lipinski definition) is 6. The van der Waals surface area contributed by atoms with Gasteiger partial charge in [0.1, 0.15) is 5.84 Å². The zero-order valence-corrected chi connectivity index (χ0v) is 17.8. The summed E-state index contributed by atoms with van der Waals surface area (Å²) in [5.41, 5.74) is 1.74. The Labute approximate surface area is 180 Å². The quantitative estimate of drug-likeness (QED) is 0.730. The van der Waals surface area contributed by atoms with E-state index in [0.29, 0.717) is 13.2 Å². The molecule has 1 atom stereocenters. The predicted octanol–water partition coefficient (Wildman–Crippen LogP) is 2.29. The minimum atomic E-state index is -1.23. The fraction of sp³-hybridized carbons (Fsp3) is 0.381. The van der Waals surface area contributed by atoms with E-state index in [-0.39, 0.29) is 19.0 Å². The smallest absolute Gasteiger partial charge is 0.137 e. The number of aliphatic hydroxyl groups excluding tert-OH is 1. The highest BCUT2D eigenvalue weighted by Gasteiger charge is 2.27. The summed E-state index contributed by atoms with van der Waals surface area (Å²) in [4.78, 5) is 11.2. The molecule has 4 rings (SSSR count). The molecule has 0 spiro atoms. The predicted molar refractivity (Wildman–Crippen MR) is 117 cm³/mol.